The minimum atomic E-state index is -0.975. The Morgan fingerprint density at radius 1 is 1.14 bits per heavy atom. The Labute approximate surface area is 216 Å². The van der Waals surface area contributed by atoms with Gasteiger partial charge in [-0.1, -0.05) is 18.2 Å². The third-order valence-electron chi connectivity index (χ3n) is 6.67. The lowest BCUT2D eigenvalue weighted by molar-refractivity contribution is -0.138. The largest absolute Gasteiger partial charge is 0.480 e. The Morgan fingerprint density at radius 3 is 2.84 bits per heavy atom. The standard InChI is InChI=1S/C27H36N6O4/c34-17-21(35)16-33(14-4-3-7-20-11-10-19-6-5-13-28-25(19)31-20)15-12-24(27(36)37)32-26-22-8-1-2-9-23(22)29-18-30-26/h1-2,8-11,18,21,24,34-35H,3-7,12-17H2,(H,28,31)(H,36,37)(H,29,30,32)/t21?,24-/m0/s1. The van der Waals surface area contributed by atoms with Gasteiger partial charge in [-0.15, -0.1) is 0 Å². The van der Waals surface area contributed by atoms with Crippen molar-refractivity contribution in [3.05, 3.63) is 54.0 Å². The van der Waals surface area contributed by atoms with Crippen LogP contribution < -0.4 is 10.6 Å². The zero-order valence-electron chi connectivity index (χ0n) is 21.0. The lowest BCUT2D eigenvalue weighted by Crippen LogP contribution is -2.39. The number of carboxylic acid groups (broad SMARTS) is 1. The third kappa shape index (κ3) is 7.58. The van der Waals surface area contributed by atoms with Crippen LogP contribution in [0.1, 0.15) is 36.9 Å². The maximum absolute atomic E-state index is 12.0. The molecule has 3 aromatic rings. The highest BCUT2D eigenvalue weighted by Gasteiger charge is 2.21. The Morgan fingerprint density at radius 2 is 2.00 bits per heavy atom. The monoisotopic (exact) mass is 508 g/mol. The molecule has 3 heterocycles. The van der Waals surface area contributed by atoms with Crippen LogP contribution in [0, 0.1) is 0 Å². The van der Waals surface area contributed by atoms with Crippen molar-refractivity contribution in [2.24, 2.45) is 0 Å². The summed E-state index contributed by atoms with van der Waals surface area (Å²) in [7, 11) is 0. The molecule has 1 unspecified atom stereocenters. The topological polar surface area (TPSA) is 144 Å². The van der Waals surface area contributed by atoms with E-state index in [1.54, 1.807) is 0 Å². The second kappa shape index (κ2) is 13.3. The van der Waals surface area contributed by atoms with Crippen molar-refractivity contribution in [3.63, 3.8) is 0 Å². The number of aliphatic carboxylic acids is 1. The van der Waals surface area contributed by atoms with E-state index in [0.717, 1.165) is 61.1 Å². The summed E-state index contributed by atoms with van der Waals surface area (Å²) in [5.74, 6) is 0.504. The molecule has 0 bridgehead atoms. The van der Waals surface area contributed by atoms with Crippen LogP contribution in [-0.2, 0) is 17.6 Å². The minimum Gasteiger partial charge on any atom is -0.480 e. The Hall–Kier alpha value is -3.34. The smallest absolute Gasteiger partial charge is 0.326 e. The number of rotatable bonds is 14. The van der Waals surface area contributed by atoms with E-state index in [-0.39, 0.29) is 13.2 Å². The van der Waals surface area contributed by atoms with E-state index in [1.807, 2.05) is 29.2 Å². The molecule has 0 saturated heterocycles. The van der Waals surface area contributed by atoms with E-state index in [2.05, 4.69) is 32.7 Å². The second-order valence-electron chi connectivity index (χ2n) is 9.50. The highest BCUT2D eigenvalue weighted by molar-refractivity contribution is 5.90. The van der Waals surface area contributed by atoms with Crippen molar-refractivity contribution in [2.45, 2.75) is 50.7 Å². The zero-order chi connectivity index (χ0) is 26.0. The number of carboxylic acids is 1. The molecule has 0 amide bonds. The number of anilines is 2. The molecule has 10 nitrogen and oxygen atoms in total. The maximum Gasteiger partial charge on any atom is 0.326 e. The summed E-state index contributed by atoms with van der Waals surface area (Å²) >= 11 is 0. The van der Waals surface area contributed by atoms with Crippen LogP contribution >= 0.6 is 0 Å². The lowest BCUT2D eigenvalue weighted by atomic mass is 10.1. The molecule has 0 radical (unpaired) electrons. The summed E-state index contributed by atoms with van der Waals surface area (Å²) in [5, 5.41) is 36.4. The van der Waals surface area contributed by atoms with Crippen LogP contribution in [0.5, 0.6) is 0 Å². The minimum absolute atomic E-state index is 0.278. The molecule has 0 fully saturated rings. The van der Waals surface area contributed by atoms with Gasteiger partial charge in [0.25, 0.3) is 0 Å². The molecule has 5 N–H and O–H groups in total. The van der Waals surface area contributed by atoms with Gasteiger partial charge in [-0.25, -0.2) is 19.7 Å². The van der Waals surface area contributed by atoms with Crippen LogP contribution in [0.2, 0.25) is 0 Å². The van der Waals surface area contributed by atoms with E-state index in [0.29, 0.717) is 25.3 Å². The SMILES string of the molecule is O=C(O)[C@H](CCN(CCCCc1ccc2c(n1)NCCC2)CC(O)CO)Nc1ncnc2ccccc12. The van der Waals surface area contributed by atoms with Crippen LogP contribution in [0.3, 0.4) is 0 Å². The number of hydrogen-bond donors (Lipinski definition) is 5. The normalized spacial score (nSPS) is 14.7. The first-order chi connectivity index (χ1) is 18.0. The molecule has 1 aliphatic rings. The number of fused-ring (bicyclic) bond motifs is 2. The molecule has 1 aliphatic heterocycles. The fourth-order valence-corrected chi connectivity index (χ4v) is 4.65. The number of aliphatic hydroxyl groups is 2. The van der Waals surface area contributed by atoms with Crippen molar-refractivity contribution in [2.75, 3.05) is 43.4 Å². The van der Waals surface area contributed by atoms with Gasteiger partial charge >= 0.3 is 5.97 Å². The number of aromatic nitrogens is 3. The molecule has 4 rings (SSSR count). The van der Waals surface area contributed by atoms with Crippen molar-refractivity contribution < 1.29 is 20.1 Å². The van der Waals surface area contributed by atoms with E-state index in [4.69, 9.17) is 4.98 Å². The van der Waals surface area contributed by atoms with E-state index < -0.39 is 18.1 Å². The number of carbonyl (C=O) groups is 1. The Balaban J connectivity index is 1.32. The van der Waals surface area contributed by atoms with Crippen molar-refractivity contribution in [1.29, 1.82) is 0 Å². The molecule has 0 spiro atoms. The third-order valence-corrected chi connectivity index (χ3v) is 6.67. The van der Waals surface area contributed by atoms with E-state index in [1.165, 1.54) is 11.9 Å². The molecule has 198 valence electrons. The molecule has 10 heteroatoms. The first-order valence-corrected chi connectivity index (χ1v) is 13.0. The predicted molar refractivity (Wildman–Crippen MR) is 143 cm³/mol. The summed E-state index contributed by atoms with van der Waals surface area (Å²) in [4.78, 5) is 27.3. The molecule has 37 heavy (non-hydrogen) atoms. The summed E-state index contributed by atoms with van der Waals surface area (Å²) in [5.41, 5.74) is 3.07. The van der Waals surface area contributed by atoms with Gasteiger partial charge in [-0.2, -0.15) is 0 Å². The molecule has 2 atom stereocenters. The van der Waals surface area contributed by atoms with Gasteiger partial charge in [0.05, 0.1) is 18.2 Å². The van der Waals surface area contributed by atoms with Crippen LogP contribution in [0.15, 0.2) is 42.7 Å². The van der Waals surface area contributed by atoms with E-state index >= 15 is 0 Å². The van der Waals surface area contributed by atoms with Crippen molar-refractivity contribution in [3.8, 4) is 0 Å². The van der Waals surface area contributed by atoms with Crippen molar-refractivity contribution in [1.82, 2.24) is 19.9 Å². The van der Waals surface area contributed by atoms with Gasteiger partial charge in [0.2, 0.25) is 0 Å². The zero-order valence-corrected chi connectivity index (χ0v) is 21.0. The highest BCUT2D eigenvalue weighted by Crippen LogP contribution is 2.21. The quantitative estimate of drug-likeness (QED) is 0.206. The van der Waals surface area contributed by atoms with Gasteiger partial charge in [-0.05, 0) is 68.8 Å². The number of nitrogens with one attached hydrogen (secondary N) is 2. The van der Waals surface area contributed by atoms with Gasteiger partial charge in [-0.3, -0.25) is 0 Å². The van der Waals surface area contributed by atoms with Gasteiger partial charge < -0.3 is 30.9 Å². The Kier molecular flexibility index (Phi) is 9.58. The number of aliphatic hydroxyl groups excluding tert-OH is 2. The number of para-hydroxylation sites is 1. The van der Waals surface area contributed by atoms with Crippen molar-refractivity contribution >= 4 is 28.5 Å². The van der Waals surface area contributed by atoms with Gasteiger partial charge in [0, 0.05) is 30.7 Å². The highest BCUT2D eigenvalue weighted by atomic mass is 16.4. The predicted octanol–water partition coefficient (Wildman–Crippen LogP) is 2.32. The fraction of sp³-hybridized carbons (Fsp3) is 0.481. The number of pyridine rings is 1. The van der Waals surface area contributed by atoms with E-state index in [9.17, 15) is 20.1 Å². The average molecular weight is 509 g/mol. The molecule has 1 aromatic carbocycles. The number of hydrogen-bond acceptors (Lipinski definition) is 9. The van der Waals surface area contributed by atoms with Gasteiger partial charge in [0.15, 0.2) is 0 Å². The van der Waals surface area contributed by atoms with Gasteiger partial charge in [0.1, 0.15) is 24.0 Å². The van der Waals surface area contributed by atoms with Crippen LogP contribution in [-0.4, -0.2) is 86.1 Å². The number of benzene rings is 1. The van der Waals surface area contributed by atoms with Crippen LogP contribution in [0.4, 0.5) is 11.6 Å². The molecule has 0 aliphatic carbocycles. The Bertz CT molecular complexity index is 1170. The number of aryl methyl sites for hydroxylation is 2. The number of nitrogens with zero attached hydrogens (tertiary/aromatic N) is 4. The molecular formula is C27H36N6O4. The molecule has 0 saturated carbocycles. The fourth-order valence-electron chi connectivity index (χ4n) is 4.65. The first-order valence-electron chi connectivity index (χ1n) is 13.0. The molecule has 2 aromatic heterocycles. The number of unbranched alkanes of at least 4 members (excludes halogenated alkanes) is 1. The summed E-state index contributed by atoms with van der Waals surface area (Å²) in [6.45, 7) is 2.04. The lowest BCUT2D eigenvalue weighted by Gasteiger charge is -2.26. The second-order valence-corrected chi connectivity index (χ2v) is 9.50. The van der Waals surface area contributed by atoms with Crippen LogP contribution in [0.25, 0.3) is 10.9 Å². The summed E-state index contributed by atoms with van der Waals surface area (Å²) in [6.07, 6.45) is 5.69. The average Bonchev–Trinajstić information content (AvgIpc) is 2.92. The maximum atomic E-state index is 12.0. The first kappa shape index (κ1) is 26.7. The summed E-state index contributed by atoms with van der Waals surface area (Å²) in [6, 6.07) is 10.8. The summed E-state index contributed by atoms with van der Waals surface area (Å²) < 4.78 is 0. The molecular weight excluding hydrogens is 472 g/mol.